The maximum atomic E-state index is 10.9. The molecule has 0 saturated carbocycles. The summed E-state index contributed by atoms with van der Waals surface area (Å²) < 4.78 is 0. The summed E-state index contributed by atoms with van der Waals surface area (Å²) >= 11 is 0. The van der Waals surface area contributed by atoms with Crippen LogP contribution in [0.1, 0.15) is 28.7 Å². The van der Waals surface area contributed by atoms with E-state index in [1.807, 2.05) is 19.9 Å². The van der Waals surface area contributed by atoms with Crippen molar-refractivity contribution >= 4 is 17.0 Å². The second-order valence-corrected chi connectivity index (χ2v) is 3.36. The summed E-state index contributed by atoms with van der Waals surface area (Å²) in [5, 5.41) is 15.8. The third-order valence-electron chi connectivity index (χ3n) is 2.44. The van der Waals surface area contributed by atoms with Crippen molar-refractivity contribution in [3.05, 3.63) is 23.0 Å². The van der Waals surface area contributed by atoms with E-state index in [1.165, 1.54) is 0 Å². The zero-order valence-electron chi connectivity index (χ0n) is 8.53. The lowest BCUT2D eigenvalue weighted by Crippen LogP contribution is -1.98. The Kier molecular flexibility index (Phi) is 2.15. The lowest BCUT2D eigenvalue weighted by atomic mass is 10.1. The zero-order valence-corrected chi connectivity index (χ0v) is 8.53. The van der Waals surface area contributed by atoms with E-state index in [4.69, 9.17) is 5.11 Å². The summed E-state index contributed by atoms with van der Waals surface area (Å²) in [7, 11) is 0. The first kappa shape index (κ1) is 9.64. The Bertz CT molecular complexity index is 531. The van der Waals surface area contributed by atoms with Crippen molar-refractivity contribution < 1.29 is 9.90 Å². The van der Waals surface area contributed by atoms with Gasteiger partial charge >= 0.3 is 5.97 Å². The largest absolute Gasteiger partial charge is 0.477 e. The van der Waals surface area contributed by atoms with E-state index in [1.54, 1.807) is 0 Å². The standard InChI is InChI=1S/C10H11N3O2/c1-3-6-4-7-8(10(14)15)12-13-9(7)11-5(6)2/h4H,3H2,1-2H3,(H,14,15)(H,11,12,13). The Morgan fingerprint density at radius 1 is 1.60 bits per heavy atom. The maximum Gasteiger partial charge on any atom is 0.354 e. The molecule has 2 aromatic rings. The summed E-state index contributed by atoms with van der Waals surface area (Å²) in [6, 6.07) is 1.84. The number of aromatic amines is 1. The fourth-order valence-electron chi connectivity index (χ4n) is 1.59. The highest BCUT2D eigenvalue weighted by molar-refractivity contribution is 6.00. The number of rotatable bonds is 2. The molecule has 2 N–H and O–H groups in total. The fraction of sp³-hybridized carbons (Fsp3) is 0.300. The number of H-pyrrole nitrogens is 1. The lowest BCUT2D eigenvalue weighted by Gasteiger charge is -2.01. The lowest BCUT2D eigenvalue weighted by molar-refractivity contribution is 0.0692. The number of aryl methyl sites for hydroxylation is 2. The van der Waals surface area contributed by atoms with Crippen molar-refractivity contribution in [3.63, 3.8) is 0 Å². The van der Waals surface area contributed by atoms with Crippen LogP contribution in [0.15, 0.2) is 6.07 Å². The van der Waals surface area contributed by atoms with Gasteiger partial charge in [0.15, 0.2) is 11.3 Å². The average molecular weight is 205 g/mol. The van der Waals surface area contributed by atoms with Gasteiger partial charge in [0.05, 0.1) is 5.39 Å². The van der Waals surface area contributed by atoms with Crippen LogP contribution >= 0.6 is 0 Å². The van der Waals surface area contributed by atoms with Crippen molar-refractivity contribution in [2.75, 3.05) is 0 Å². The Labute approximate surface area is 86.1 Å². The number of hydrogen-bond donors (Lipinski definition) is 2. The van der Waals surface area contributed by atoms with Crippen LogP contribution in [0.3, 0.4) is 0 Å². The molecule has 0 aliphatic heterocycles. The van der Waals surface area contributed by atoms with E-state index in [0.29, 0.717) is 11.0 Å². The van der Waals surface area contributed by atoms with Gasteiger partial charge in [0, 0.05) is 5.69 Å². The van der Waals surface area contributed by atoms with Gasteiger partial charge in [-0.2, -0.15) is 5.10 Å². The molecule has 0 atom stereocenters. The summed E-state index contributed by atoms with van der Waals surface area (Å²) in [4.78, 5) is 15.1. The molecule has 0 aliphatic carbocycles. The van der Waals surface area contributed by atoms with E-state index < -0.39 is 5.97 Å². The number of nitrogens with zero attached hydrogens (tertiary/aromatic N) is 2. The van der Waals surface area contributed by atoms with Gasteiger partial charge in [-0.05, 0) is 25.0 Å². The first-order valence-electron chi connectivity index (χ1n) is 4.71. The van der Waals surface area contributed by atoms with Crippen LogP contribution in [0, 0.1) is 6.92 Å². The molecule has 2 rings (SSSR count). The number of aromatic carboxylic acids is 1. The highest BCUT2D eigenvalue weighted by Crippen LogP contribution is 2.18. The molecular weight excluding hydrogens is 194 g/mol. The molecule has 0 spiro atoms. The van der Waals surface area contributed by atoms with Crippen LogP contribution in [-0.2, 0) is 6.42 Å². The Hall–Kier alpha value is -1.91. The van der Waals surface area contributed by atoms with Crippen molar-refractivity contribution in [1.82, 2.24) is 15.2 Å². The highest BCUT2D eigenvalue weighted by Gasteiger charge is 2.14. The summed E-state index contributed by atoms with van der Waals surface area (Å²) in [6.07, 6.45) is 0.832. The Morgan fingerprint density at radius 3 is 2.93 bits per heavy atom. The van der Waals surface area contributed by atoms with Crippen LogP contribution < -0.4 is 0 Å². The monoisotopic (exact) mass is 205 g/mol. The number of carboxylic acid groups (broad SMARTS) is 1. The normalized spacial score (nSPS) is 10.8. The second kappa shape index (κ2) is 3.34. The number of nitrogens with one attached hydrogen (secondary N) is 1. The van der Waals surface area contributed by atoms with Crippen molar-refractivity contribution in [3.8, 4) is 0 Å². The fourth-order valence-corrected chi connectivity index (χ4v) is 1.59. The van der Waals surface area contributed by atoms with Gasteiger partial charge in [0.25, 0.3) is 0 Å². The first-order valence-corrected chi connectivity index (χ1v) is 4.71. The van der Waals surface area contributed by atoms with E-state index in [-0.39, 0.29) is 5.69 Å². The SMILES string of the molecule is CCc1cc2c(C(=O)O)[nH]nc2nc1C. The smallest absolute Gasteiger partial charge is 0.354 e. The molecule has 0 aliphatic rings. The molecular formula is C10H11N3O2. The highest BCUT2D eigenvalue weighted by atomic mass is 16.4. The van der Waals surface area contributed by atoms with E-state index in [2.05, 4.69) is 15.2 Å². The van der Waals surface area contributed by atoms with Gasteiger partial charge in [-0.3, -0.25) is 5.10 Å². The molecule has 0 radical (unpaired) electrons. The summed E-state index contributed by atoms with van der Waals surface area (Å²) in [5.41, 5.74) is 2.51. The van der Waals surface area contributed by atoms with Crippen molar-refractivity contribution in [2.45, 2.75) is 20.3 Å². The van der Waals surface area contributed by atoms with E-state index in [0.717, 1.165) is 17.7 Å². The first-order chi connectivity index (χ1) is 7.13. The van der Waals surface area contributed by atoms with Gasteiger partial charge in [0.1, 0.15) is 0 Å². The maximum absolute atomic E-state index is 10.9. The predicted octanol–water partition coefficient (Wildman–Crippen LogP) is 1.53. The number of pyridine rings is 1. The minimum Gasteiger partial charge on any atom is -0.477 e. The molecule has 0 unspecified atom stereocenters. The minimum absolute atomic E-state index is 0.104. The predicted molar refractivity (Wildman–Crippen MR) is 55.0 cm³/mol. The second-order valence-electron chi connectivity index (χ2n) is 3.36. The van der Waals surface area contributed by atoms with Crippen molar-refractivity contribution in [2.24, 2.45) is 0 Å². The Balaban J connectivity index is 2.74. The van der Waals surface area contributed by atoms with Crippen LogP contribution in [0.5, 0.6) is 0 Å². The molecule has 0 bridgehead atoms. The van der Waals surface area contributed by atoms with Gasteiger partial charge in [-0.1, -0.05) is 6.92 Å². The molecule has 5 heteroatoms. The van der Waals surface area contributed by atoms with Crippen LogP contribution in [0.4, 0.5) is 0 Å². The molecule has 0 aromatic carbocycles. The molecule has 0 saturated heterocycles. The Morgan fingerprint density at radius 2 is 2.33 bits per heavy atom. The van der Waals surface area contributed by atoms with Crippen LogP contribution in [0.25, 0.3) is 11.0 Å². The molecule has 0 fully saturated rings. The molecule has 5 nitrogen and oxygen atoms in total. The van der Waals surface area contributed by atoms with Crippen LogP contribution in [-0.4, -0.2) is 26.3 Å². The number of aromatic nitrogens is 3. The van der Waals surface area contributed by atoms with Gasteiger partial charge in [-0.25, -0.2) is 9.78 Å². The topological polar surface area (TPSA) is 78.9 Å². The van der Waals surface area contributed by atoms with Crippen molar-refractivity contribution in [1.29, 1.82) is 0 Å². The number of fused-ring (bicyclic) bond motifs is 1. The van der Waals surface area contributed by atoms with Gasteiger partial charge < -0.3 is 5.11 Å². The van der Waals surface area contributed by atoms with Crippen LogP contribution in [0.2, 0.25) is 0 Å². The summed E-state index contributed by atoms with van der Waals surface area (Å²) in [6.45, 7) is 3.91. The zero-order chi connectivity index (χ0) is 11.0. The molecule has 15 heavy (non-hydrogen) atoms. The average Bonchev–Trinajstić information content (AvgIpc) is 2.59. The number of carbonyl (C=O) groups is 1. The number of hydrogen-bond acceptors (Lipinski definition) is 3. The quantitative estimate of drug-likeness (QED) is 0.779. The third kappa shape index (κ3) is 1.45. The molecule has 2 aromatic heterocycles. The minimum atomic E-state index is -1.01. The van der Waals surface area contributed by atoms with Gasteiger partial charge in [-0.15, -0.1) is 0 Å². The van der Waals surface area contributed by atoms with E-state index >= 15 is 0 Å². The molecule has 2 heterocycles. The van der Waals surface area contributed by atoms with Gasteiger partial charge in [0.2, 0.25) is 0 Å². The summed E-state index contributed by atoms with van der Waals surface area (Å²) in [5.74, 6) is -1.01. The molecule has 78 valence electrons. The molecule has 0 amide bonds. The van der Waals surface area contributed by atoms with E-state index in [9.17, 15) is 4.79 Å². The number of carboxylic acids is 1. The third-order valence-corrected chi connectivity index (χ3v) is 2.44.